The molecule has 0 aliphatic rings. The predicted octanol–water partition coefficient (Wildman–Crippen LogP) is 3.86. The average Bonchev–Trinajstić information content (AvgIpc) is 2.37. The van der Waals surface area contributed by atoms with Crippen molar-refractivity contribution in [3.05, 3.63) is 30.3 Å². The molecule has 0 aromatic heterocycles. The minimum Gasteiger partial charge on any atom is -0.466 e. The van der Waals surface area contributed by atoms with Gasteiger partial charge in [0.2, 0.25) is 0 Å². The summed E-state index contributed by atoms with van der Waals surface area (Å²) in [6, 6.07) is 10.2. The van der Waals surface area contributed by atoms with Gasteiger partial charge >= 0.3 is 5.97 Å². The summed E-state index contributed by atoms with van der Waals surface area (Å²) < 4.78 is 5.04. The van der Waals surface area contributed by atoms with Gasteiger partial charge in [0.1, 0.15) is 0 Å². The minimum atomic E-state index is -0.125. The number of esters is 1. The third kappa shape index (κ3) is 6.85. The van der Waals surface area contributed by atoms with Crippen LogP contribution < -0.4 is 5.32 Å². The second-order valence-corrected chi connectivity index (χ2v) is 5.19. The van der Waals surface area contributed by atoms with Crippen molar-refractivity contribution in [2.75, 3.05) is 11.9 Å². The summed E-state index contributed by atoms with van der Waals surface area (Å²) in [5, 5.41) is 3.42. The largest absolute Gasteiger partial charge is 0.466 e. The number of hydrogen-bond donors (Lipinski definition) is 1. The SMILES string of the molecule is CCOC(=O)C[C@@H](CCC(C)C)Nc1ccccc1. The number of carbonyl (C=O) groups excluding carboxylic acids is 1. The maximum atomic E-state index is 11.6. The van der Waals surface area contributed by atoms with Gasteiger partial charge in [-0.1, -0.05) is 32.0 Å². The molecule has 1 rings (SSSR count). The van der Waals surface area contributed by atoms with Gasteiger partial charge in [-0.05, 0) is 37.8 Å². The van der Waals surface area contributed by atoms with Crippen molar-refractivity contribution in [3.63, 3.8) is 0 Å². The van der Waals surface area contributed by atoms with Crippen LogP contribution in [0.3, 0.4) is 0 Å². The molecule has 1 N–H and O–H groups in total. The summed E-state index contributed by atoms with van der Waals surface area (Å²) in [4.78, 5) is 11.6. The van der Waals surface area contributed by atoms with Crippen molar-refractivity contribution in [2.24, 2.45) is 5.92 Å². The van der Waals surface area contributed by atoms with Crippen LogP contribution in [-0.2, 0) is 9.53 Å². The van der Waals surface area contributed by atoms with Gasteiger partial charge in [-0.3, -0.25) is 4.79 Å². The van der Waals surface area contributed by atoms with Gasteiger partial charge in [0, 0.05) is 11.7 Å². The van der Waals surface area contributed by atoms with Crippen LogP contribution in [-0.4, -0.2) is 18.6 Å². The molecule has 0 heterocycles. The van der Waals surface area contributed by atoms with Crippen LogP contribution in [0.25, 0.3) is 0 Å². The van der Waals surface area contributed by atoms with E-state index in [1.54, 1.807) is 0 Å². The van der Waals surface area contributed by atoms with E-state index in [0.717, 1.165) is 18.5 Å². The van der Waals surface area contributed by atoms with Gasteiger partial charge in [0.25, 0.3) is 0 Å². The summed E-state index contributed by atoms with van der Waals surface area (Å²) in [5.74, 6) is 0.516. The van der Waals surface area contributed by atoms with E-state index in [-0.39, 0.29) is 12.0 Å². The third-order valence-electron chi connectivity index (χ3n) is 2.96. The molecular formula is C16H25NO2. The van der Waals surface area contributed by atoms with Crippen LogP contribution >= 0.6 is 0 Å². The van der Waals surface area contributed by atoms with E-state index in [2.05, 4.69) is 19.2 Å². The molecule has 1 atom stereocenters. The lowest BCUT2D eigenvalue weighted by Crippen LogP contribution is -2.25. The summed E-state index contributed by atoms with van der Waals surface area (Å²) in [6.07, 6.45) is 2.50. The molecule has 0 spiro atoms. The monoisotopic (exact) mass is 263 g/mol. The molecule has 3 heteroatoms. The van der Waals surface area contributed by atoms with E-state index >= 15 is 0 Å². The molecule has 0 amide bonds. The summed E-state index contributed by atoms with van der Waals surface area (Å²) in [5.41, 5.74) is 1.06. The van der Waals surface area contributed by atoms with E-state index < -0.39 is 0 Å². The molecule has 106 valence electrons. The van der Waals surface area contributed by atoms with Crippen molar-refractivity contribution in [1.29, 1.82) is 0 Å². The normalized spacial score (nSPS) is 12.2. The van der Waals surface area contributed by atoms with Gasteiger partial charge in [0.15, 0.2) is 0 Å². The lowest BCUT2D eigenvalue weighted by atomic mass is 10.0. The Hall–Kier alpha value is -1.51. The van der Waals surface area contributed by atoms with Crippen molar-refractivity contribution >= 4 is 11.7 Å². The molecule has 0 aliphatic heterocycles. The van der Waals surface area contributed by atoms with Crippen molar-refractivity contribution in [3.8, 4) is 0 Å². The van der Waals surface area contributed by atoms with E-state index in [1.807, 2.05) is 37.3 Å². The van der Waals surface area contributed by atoms with Gasteiger partial charge in [0.05, 0.1) is 13.0 Å². The molecule has 0 fully saturated rings. The van der Waals surface area contributed by atoms with Crippen molar-refractivity contribution < 1.29 is 9.53 Å². The third-order valence-corrected chi connectivity index (χ3v) is 2.96. The van der Waals surface area contributed by atoms with Crippen LogP contribution in [0.1, 0.15) is 40.0 Å². The highest BCUT2D eigenvalue weighted by molar-refractivity contribution is 5.70. The Bertz CT molecular complexity index is 362. The summed E-state index contributed by atoms with van der Waals surface area (Å²) in [7, 11) is 0. The maximum absolute atomic E-state index is 11.6. The first-order chi connectivity index (χ1) is 9.11. The lowest BCUT2D eigenvalue weighted by molar-refractivity contribution is -0.143. The fourth-order valence-electron chi connectivity index (χ4n) is 1.95. The lowest BCUT2D eigenvalue weighted by Gasteiger charge is -2.20. The van der Waals surface area contributed by atoms with Crippen molar-refractivity contribution in [2.45, 2.75) is 46.1 Å². The second-order valence-electron chi connectivity index (χ2n) is 5.19. The molecule has 0 aliphatic carbocycles. The average molecular weight is 263 g/mol. The molecule has 0 radical (unpaired) electrons. The smallest absolute Gasteiger partial charge is 0.307 e. The zero-order valence-corrected chi connectivity index (χ0v) is 12.2. The van der Waals surface area contributed by atoms with E-state index in [9.17, 15) is 4.79 Å². The molecule has 1 aromatic carbocycles. The highest BCUT2D eigenvalue weighted by atomic mass is 16.5. The Balaban J connectivity index is 2.55. The van der Waals surface area contributed by atoms with Crippen LogP contribution in [0.5, 0.6) is 0 Å². The molecule has 1 aromatic rings. The van der Waals surface area contributed by atoms with E-state index in [4.69, 9.17) is 4.74 Å². The maximum Gasteiger partial charge on any atom is 0.307 e. The number of carbonyl (C=O) groups is 1. The van der Waals surface area contributed by atoms with Crippen LogP contribution in [0.15, 0.2) is 30.3 Å². The van der Waals surface area contributed by atoms with E-state index in [0.29, 0.717) is 18.9 Å². The first-order valence-electron chi connectivity index (χ1n) is 7.09. The number of ether oxygens (including phenoxy) is 1. The summed E-state index contributed by atoms with van der Waals surface area (Å²) in [6.45, 7) is 6.68. The second kappa shape index (κ2) is 8.57. The number of nitrogens with one attached hydrogen (secondary N) is 1. The highest BCUT2D eigenvalue weighted by Crippen LogP contribution is 2.16. The number of para-hydroxylation sites is 1. The molecule has 19 heavy (non-hydrogen) atoms. The van der Waals surface area contributed by atoms with E-state index in [1.165, 1.54) is 0 Å². The fraction of sp³-hybridized carbons (Fsp3) is 0.562. The van der Waals surface area contributed by atoms with Crippen molar-refractivity contribution in [1.82, 2.24) is 0 Å². The molecule has 0 bridgehead atoms. The quantitative estimate of drug-likeness (QED) is 0.724. The molecular weight excluding hydrogens is 238 g/mol. The Labute approximate surface area is 116 Å². The molecule has 0 unspecified atom stereocenters. The summed E-state index contributed by atoms with van der Waals surface area (Å²) >= 11 is 0. The molecule has 3 nitrogen and oxygen atoms in total. The predicted molar refractivity (Wildman–Crippen MR) is 79.2 cm³/mol. The van der Waals surface area contributed by atoms with Gasteiger partial charge in [-0.25, -0.2) is 0 Å². The molecule has 0 saturated carbocycles. The number of hydrogen-bond acceptors (Lipinski definition) is 3. The zero-order chi connectivity index (χ0) is 14.1. The topological polar surface area (TPSA) is 38.3 Å². The first-order valence-corrected chi connectivity index (χ1v) is 7.09. The Morgan fingerprint density at radius 2 is 1.89 bits per heavy atom. The molecule has 0 saturated heterocycles. The number of rotatable bonds is 8. The Morgan fingerprint density at radius 3 is 2.47 bits per heavy atom. The van der Waals surface area contributed by atoms with Crippen LogP contribution in [0.2, 0.25) is 0 Å². The zero-order valence-electron chi connectivity index (χ0n) is 12.2. The Morgan fingerprint density at radius 1 is 1.21 bits per heavy atom. The van der Waals surface area contributed by atoms with Gasteiger partial charge in [-0.2, -0.15) is 0 Å². The highest BCUT2D eigenvalue weighted by Gasteiger charge is 2.15. The van der Waals surface area contributed by atoms with Gasteiger partial charge in [-0.15, -0.1) is 0 Å². The number of benzene rings is 1. The fourth-order valence-corrected chi connectivity index (χ4v) is 1.95. The minimum absolute atomic E-state index is 0.125. The van der Waals surface area contributed by atoms with Crippen LogP contribution in [0, 0.1) is 5.92 Å². The van der Waals surface area contributed by atoms with Crippen LogP contribution in [0.4, 0.5) is 5.69 Å². The Kier molecular flexibility index (Phi) is 7.01. The number of anilines is 1. The standard InChI is InChI=1S/C16H25NO2/c1-4-19-16(18)12-15(11-10-13(2)3)17-14-8-6-5-7-9-14/h5-9,13,15,17H,4,10-12H2,1-3H3/t15-/m1/s1. The first kappa shape index (κ1) is 15.5. The van der Waals surface area contributed by atoms with Gasteiger partial charge < -0.3 is 10.1 Å².